The number of rotatable bonds is 5. The molecule has 0 saturated carbocycles. The molecule has 0 bridgehead atoms. The second-order valence-corrected chi connectivity index (χ2v) is 7.19. The molecule has 2 rings (SSSR count). The third-order valence-electron chi connectivity index (χ3n) is 3.30. The molecule has 106 valence electrons. The summed E-state index contributed by atoms with van der Waals surface area (Å²) in [5.41, 5.74) is 0.567. The molecule has 0 aliphatic carbocycles. The van der Waals surface area contributed by atoms with E-state index in [0.717, 1.165) is 6.42 Å². The summed E-state index contributed by atoms with van der Waals surface area (Å²) in [6.07, 6.45) is 1.41. The van der Waals surface area contributed by atoms with Crippen molar-refractivity contribution in [2.75, 3.05) is 12.3 Å². The first-order valence-corrected chi connectivity index (χ1v) is 7.86. The molecule has 7 heteroatoms. The summed E-state index contributed by atoms with van der Waals surface area (Å²) in [7, 11) is -2.95. The van der Waals surface area contributed by atoms with Crippen molar-refractivity contribution in [1.82, 2.24) is 5.32 Å². The molecule has 6 nitrogen and oxygen atoms in total. The number of carboxylic acids is 1. The number of carboxylic acid groups (broad SMARTS) is 1. The van der Waals surface area contributed by atoms with Crippen LogP contribution in [0, 0.1) is 6.92 Å². The topological polar surface area (TPSA) is 96.6 Å². The number of aromatic carboxylic acids is 1. The van der Waals surface area contributed by atoms with Gasteiger partial charge in [-0.25, -0.2) is 13.2 Å². The third-order valence-corrected chi connectivity index (χ3v) is 5.57. The minimum atomic E-state index is -2.95. The van der Waals surface area contributed by atoms with E-state index in [1.54, 1.807) is 13.0 Å². The van der Waals surface area contributed by atoms with E-state index in [4.69, 9.17) is 9.52 Å². The Morgan fingerprint density at radius 3 is 2.84 bits per heavy atom. The Morgan fingerprint density at radius 2 is 2.32 bits per heavy atom. The molecule has 1 aromatic rings. The molecule has 1 aliphatic heterocycles. The number of hydrogen-bond acceptors (Lipinski definition) is 5. The van der Waals surface area contributed by atoms with Gasteiger partial charge in [0.2, 0.25) is 5.76 Å². The SMILES string of the molecule is Cc1cc(CNCC2CCCS2(=O)=O)oc1C(=O)O. The lowest BCUT2D eigenvalue weighted by Gasteiger charge is -2.09. The number of aryl methyl sites for hydroxylation is 1. The van der Waals surface area contributed by atoms with E-state index in [-0.39, 0.29) is 16.8 Å². The number of nitrogens with one attached hydrogen (secondary N) is 1. The lowest BCUT2D eigenvalue weighted by molar-refractivity contribution is 0.0659. The van der Waals surface area contributed by atoms with Gasteiger partial charge >= 0.3 is 5.97 Å². The molecule has 1 aromatic heterocycles. The van der Waals surface area contributed by atoms with Crippen LogP contribution in [-0.4, -0.2) is 37.0 Å². The number of sulfone groups is 1. The van der Waals surface area contributed by atoms with Crippen molar-refractivity contribution in [1.29, 1.82) is 0 Å². The van der Waals surface area contributed by atoms with Crippen LogP contribution in [0.25, 0.3) is 0 Å². The highest BCUT2D eigenvalue weighted by Gasteiger charge is 2.30. The smallest absolute Gasteiger partial charge is 0.372 e. The van der Waals surface area contributed by atoms with Gasteiger partial charge in [-0.1, -0.05) is 0 Å². The van der Waals surface area contributed by atoms with Crippen LogP contribution in [0.4, 0.5) is 0 Å². The van der Waals surface area contributed by atoms with Crippen LogP contribution in [0.5, 0.6) is 0 Å². The van der Waals surface area contributed by atoms with E-state index in [1.165, 1.54) is 0 Å². The minimum absolute atomic E-state index is 0.0645. The molecule has 2 heterocycles. The molecule has 1 unspecified atom stereocenters. The Kier molecular flexibility index (Phi) is 3.96. The maximum Gasteiger partial charge on any atom is 0.372 e. The van der Waals surface area contributed by atoms with Crippen molar-refractivity contribution in [2.45, 2.75) is 31.6 Å². The van der Waals surface area contributed by atoms with Crippen molar-refractivity contribution >= 4 is 15.8 Å². The van der Waals surface area contributed by atoms with Gasteiger partial charge in [0.05, 0.1) is 17.5 Å². The molecule has 19 heavy (non-hydrogen) atoms. The van der Waals surface area contributed by atoms with Gasteiger partial charge in [-0.3, -0.25) is 0 Å². The van der Waals surface area contributed by atoms with E-state index in [9.17, 15) is 13.2 Å². The molecule has 0 aromatic carbocycles. The summed E-state index contributed by atoms with van der Waals surface area (Å²) in [5.74, 6) is -0.389. The Bertz CT molecular complexity index is 575. The maximum atomic E-state index is 11.6. The fourth-order valence-electron chi connectivity index (χ4n) is 2.29. The Balaban J connectivity index is 1.90. The fourth-order valence-corrected chi connectivity index (χ4v) is 4.09. The average Bonchev–Trinajstić information content (AvgIpc) is 2.83. The molecular weight excluding hydrogens is 270 g/mol. The second-order valence-electron chi connectivity index (χ2n) is 4.79. The molecule has 0 spiro atoms. The molecule has 1 saturated heterocycles. The van der Waals surface area contributed by atoms with E-state index in [1.807, 2.05) is 0 Å². The van der Waals surface area contributed by atoms with Crippen molar-refractivity contribution < 1.29 is 22.7 Å². The molecular formula is C12H17NO5S. The molecule has 1 atom stereocenters. The Labute approximate surface area is 111 Å². The van der Waals surface area contributed by atoms with Crippen molar-refractivity contribution in [2.24, 2.45) is 0 Å². The number of furan rings is 1. The fraction of sp³-hybridized carbons (Fsp3) is 0.583. The van der Waals surface area contributed by atoms with E-state index in [0.29, 0.717) is 30.8 Å². The van der Waals surface area contributed by atoms with Gasteiger partial charge in [-0.15, -0.1) is 0 Å². The van der Waals surface area contributed by atoms with E-state index >= 15 is 0 Å². The third kappa shape index (κ3) is 3.16. The normalized spacial score (nSPS) is 21.6. The van der Waals surface area contributed by atoms with Crippen LogP contribution in [0.1, 0.15) is 34.7 Å². The molecule has 0 radical (unpaired) electrons. The van der Waals surface area contributed by atoms with E-state index in [2.05, 4.69) is 5.32 Å². The van der Waals surface area contributed by atoms with Crippen molar-refractivity contribution in [3.05, 3.63) is 23.2 Å². The molecule has 0 amide bonds. The van der Waals surface area contributed by atoms with Gasteiger partial charge in [0.1, 0.15) is 5.76 Å². The van der Waals surface area contributed by atoms with Crippen LogP contribution < -0.4 is 5.32 Å². The zero-order valence-corrected chi connectivity index (χ0v) is 11.5. The predicted molar refractivity (Wildman–Crippen MR) is 68.9 cm³/mol. The predicted octanol–water partition coefficient (Wildman–Crippen LogP) is 0.953. The van der Waals surface area contributed by atoms with Gasteiger partial charge in [-0.2, -0.15) is 0 Å². The largest absolute Gasteiger partial charge is 0.475 e. The van der Waals surface area contributed by atoms with Crippen molar-refractivity contribution in [3.8, 4) is 0 Å². The van der Waals surface area contributed by atoms with Gasteiger partial charge in [0, 0.05) is 12.1 Å². The zero-order chi connectivity index (χ0) is 14.0. The van der Waals surface area contributed by atoms with Crippen LogP contribution >= 0.6 is 0 Å². The van der Waals surface area contributed by atoms with Crippen molar-refractivity contribution in [3.63, 3.8) is 0 Å². The van der Waals surface area contributed by atoms with E-state index < -0.39 is 15.8 Å². The summed E-state index contributed by atoms with van der Waals surface area (Å²) >= 11 is 0. The summed E-state index contributed by atoms with van der Waals surface area (Å²) in [4.78, 5) is 10.8. The summed E-state index contributed by atoms with van der Waals surface area (Å²) in [6, 6.07) is 1.65. The zero-order valence-electron chi connectivity index (χ0n) is 10.7. The minimum Gasteiger partial charge on any atom is -0.475 e. The Hall–Kier alpha value is -1.34. The van der Waals surface area contributed by atoms with Gasteiger partial charge in [0.25, 0.3) is 0 Å². The first kappa shape index (κ1) is 14.1. The Morgan fingerprint density at radius 1 is 1.58 bits per heavy atom. The van der Waals surface area contributed by atoms with Crippen LogP contribution in [0.15, 0.2) is 10.5 Å². The van der Waals surface area contributed by atoms with Crippen LogP contribution in [0.3, 0.4) is 0 Å². The lowest BCUT2D eigenvalue weighted by atomic mass is 10.2. The average molecular weight is 287 g/mol. The lowest BCUT2D eigenvalue weighted by Crippen LogP contribution is -2.30. The summed E-state index contributed by atoms with van der Waals surface area (Å²) in [6.45, 7) is 2.38. The van der Waals surface area contributed by atoms with Gasteiger partial charge < -0.3 is 14.8 Å². The van der Waals surface area contributed by atoms with Gasteiger partial charge in [-0.05, 0) is 25.8 Å². The first-order chi connectivity index (χ1) is 8.90. The highest BCUT2D eigenvalue weighted by molar-refractivity contribution is 7.92. The monoisotopic (exact) mass is 287 g/mol. The number of carbonyl (C=O) groups is 1. The van der Waals surface area contributed by atoms with Crippen LogP contribution in [0.2, 0.25) is 0 Å². The first-order valence-electron chi connectivity index (χ1n) is 6.15. The highest BCUT2D eigenvalue weighted by Crippen LogP contribution is 2.19. The maximum absolute atomic E-state index is 11.6. The second kappa shape index (κ2) is 5.34. The molecule has 1 aliphatic rings. The van der Waals surface area contributed by atoms with Gasteiger partial charge in [0.15, 0.2) is 9.84 Å². The van der Waals surface area contributed by atoms with Crippen LogP contribution in [-0.2, 0) is 16.4 Å². The quantitative estimate of drug-likeness (QED) is 0.837. The molecule has 1 fully saturated rings. The standard InChI is InChI=1S/C12H17NO5S/c1-8-5-9(18-11(8)12(14)15)6-13-7-10-3-2-4-19(10,16)17/h5,10,13H,2-4,6-7H2,1H3,(H,14,15). The highest BCUT2D eigenvalue weighted by atomic mass is 32.2. The number of hydrogen-bond donors (Lipinski definition) is 2. The summed E-state index contributed by atoms with van der Waals surface area (Å²) < 4.78 is 28.4. The molecule has 2 N–H and O–H groups in total. The summed E-state index contributed by atoms with van der Waals surface area (Å²) in [5, 5.41) is 11.5.